The monoisotopic (exact) mass is 321 g/mol. The van der Waals surface area contributed by atoms with Crippen LogP contribution in [0.1, 0.15) is 34.6 Å². The van der Waals surface area contributed by atoms with E-state index in [-0.39, 0.29) is 17.6 Å². The van der Waals surface area contributed by atoms with Gasteiger partial charge in [-0.05, 0) is 38.1 Å². The van der Waals surface area contributed by atoms with Crippen LogP contribution in [0.4, 0.5) is 5.69 Å². The molecule has 1 aliphatic heterocycles. The van der Waals surface area contributed by atoms with Crippen molar-refractivity contribution < 1.29 is 19.1 Å². The lowest BCUT2D eigenvalue weighted by atomic mass is 10.1. The molecule has 1 heterocycles. The molecule has 0 atom stereocenters. The summed E-state index contributed by atoms with van der Waals surface area (Å²) in [7, 11) is 0. The molecule has 24 heavy (non-hydrogen) atoms. The SMILES string of the molecule is CC(C)=CC(=O)Oc1cccc(N2C(=O)c3ccccc3C2=O)c1. The van der Waals surface area contributed by atoms with Crippen molar-refractivity contribution in [2.45, 2.75) is 13.8 Å². The first-order chi connectivity index (χ1) is 11.5. The minimum absolute atomic E-state index is 0.270. The van der Waals surface area contributed by atoms with E-state index in [0.717, 1.165) is 10.5 Å². The van der Waals surface area contributed by atoms with Crippen molar-refractivity contribution in [3.63, 3.8) is 0 Å². The van der Waals surface area contributed by atoms with Gasteiger partial charge in [-0.15, -0.1) is 0 Å². The molecule has 0 fully saturated rings. The summed E-state index contributed by atoms with van der Waals surface area (Å²) in [5.41, 5.74) is 1.92. The van der Waals surface area contributed by atoms with Gasteiger partial charge in [0.1, 0.15) is 5.75 Å². The molecule has 0 N–H and O–H groups in total. The third-order valence-electron chi connectivity index (χ3n) is 3.49. The highest BCUT2D eigenvalue weighted by atomic mass is 16.5. The molecule has 3 rings (SSSR count). The number of hydrogen-bond donors (Lipinski definition) is 0. The lowest BCUT2D eigenvalue weighted by Gasteiger charge is -2.14. The van der Waals surface area contributed by atoms with E-state index in [1.165, 1.54) is 12.1 Å². The van der Waals surface area contributed by atoms with Crippen LogP contribution < -0.4 is 9.64 Å². The number of fused-ring (bicyclic) bond motifs is 1. The maximum atomic E-state index is 12.5. The molecular weight excluding hydrogens is 306 g/mol. The Morgan fingerprint density at radius 2 is 1.58 bits per heavy atom. The fourth-order valence-corrected chi connectivity index (χ4v) is 2.49. The van der Waals surface area contributed by atoms with Crippen molar-refractivity contribution in [2.75, 3.05) is 4.90 Å². The van der Waals surface area contributed by atoms with E-state index in [0.29, 0.717) is 16.8 Å². The van der Waals surface area contributed by atoms with Gasteiger partial charge in [0.2, 0.25) is 0 Å². The van der Waals surface area contributed by atoms with E-state index in [9.17, 15) is 14.4 Å². The summed E-state index contributed by atoms with van der Waals surface area (Å²) < 4.78 is 5.21. The van der Waals surface area contributed by atoms with E-state index in [2.05, 4.69) is 0 Å². The lowest BCUT2D eigenvalue weighted by Crippen LogP contribution is -2.29. The predicted octanol–water partition coefficient (Wildman–Crippen LogP) is 3.36. The average Bonchev–Trinajstić information content (AvgIpc) is 2.79. The normalized spacial score (nSPS) is 12.8. The van der Waals surface area contributed by atoms with Crippen molar-refractivity contribution in [1.29, 1.82) is 0 Å². The second kappa shape index (κ2) is 6.12. The first kappa shape index (κ1) is 15.7. The number of benzene rings is 2. The number of nitrogens with zero attached hydrogens (tertiary/aromatic N) is 1. The van der Waals surface area contributed by atoms with Crippen LogP contribution in [0.15, 0.2) is 60.2 Å². The summed E-state index contributed by atoms with van der Waals surface area (Å²) in [6, 6.07) is 13.0. The number of rotatable bonds is 3. The highest BCUT2D eigenvalue weighted by Gasteiger charge is 2.36. The summed E-state index contributed by atoms with van der Waals surface area (Å²) >= 11 is 0. The summed E-state index contributed by atoms with van der Waals surface area (Å²) in [6.45, 7) is 3.58. The zero-order valence-electron chi connectivity index (χ0n) is 13.3. The molecule has 2 aromatic rings. The molecule has 1 aliphatic rings. The van der Waals surface area contributed by atoms with E-state index in [4.69, 9.17) is 4.74 Å². The van der Waals surface area contributed by atoms with Crippen LogP contribution in [0.3, 0.4) is 0 Å². The van der Waals surface area contributed by atoms with Gasteiger partial charge in [-0.2, -0.15) is 0 Å². The van der Waals surface area contributed by atoms with Gasteiger partial charge < -0.3 is 4.74 Å². The molecule has 0 aromatic heterocycles. The molecular formula is C19H15NO4. The smallest absolute Gasteiger partial charge is 0.336 e. The Labute approximate surface area is 139 Å². The fourth-order valence-electron chi connectivity index (χ4n) is 2.49. The summed E-state index contributed by atoms with van der Waals surface area (Å²) in [6.07, 6.45) is 1.37. The lowest BCUT2D eigenvalue weighted by molar-refractivity contribution is -0.129. The molecule has 5 heteroatoms. The molecule has 0 radical (unpaired) electrons. The Morgan fingerprint density at radius 3 is 2.17 bits per heavy atom. The molecule has 5 nitrogen and oxygen atoms in total. The van der Waals surface area contributed by atoms with Crippen LogP contribution >= 0.6 is 0 Å². The van der Waals surface area contributed by atoms with Gasteiger partial charge in [-0.1, -0.05) is 23.8 Å². The fraction of sp³-hybridized carbons (Fsp3) is 0.105. The minimum Gasteiger partial charge on any atom is -0.423 e. The number of imide groups is 1. The van der Waals surface area contributed by atoms with Gasteiger partial charge in [-0.3, -0.25) is 9.59 Å². The standard InChI is InChI=1S/C19H15NO4/c1-12(2)10-17(21)24-14-7-5-6-13(11-14)20-18(22)15-8-3-4-9-16(15)19(20)23/h3-11H,1-2H3. The molecule has 2 amide bonds. The first-order valence-corrected chi connectivity index (χ1v) is 7.42. The van der Waals surface area contributed by atoms with Crippen molar-refractivity contribution >= 4 is 23.5 Å². The highest BCUT2D eigenvalue weighted by Crippen LogP contribution is 2.30. The molecule has 0 saturated heterocycles. The van der Waals surface area contributed by atoms with Gasteiger partial charge in [0.15, 0.2) is 0 Å². The summed E-state index contributed by atoms with van der Waals surface area (Å²) in [4.78, 5) is 37.8. The Morgan fingerprint density at radius 1 is 0.958 bits per heavy atom. The average molecular weight is 321 g/mol. The van der Waals surface area contributed by atoms with E-state index in [1.807, 2.05) is 0 Å². The number of carbonyl (C=O) groups excluding carboxylic acids is 3. The van der Waals surface area contributed by atoms with Crippen LogP contribution in [0.2, 0.25) is 0 Å². The largest absolute Gasteiger partial charge is 0.423 e. The van der Waals surface area contributed by atoms with Crippen LogP contribution in [0, 0.1) is 0 Å². The van der Waals surface area contributed by atoms with Crippen LogP contribution in [0.25, 0.3) is 0 Å². The molecule has 0 unspecified atom stereocenters. The van der Waals surface area contributed by atoms with E-state index < -0.39 is 5.97 Å². The molecule has 2 aromatic carbocycles. The van der Waals surface area contributed by atoms with Gasteiger partial charge in [0.25, 0.3) is 11.8 Å². The maximum Gasteiger partial charge on any atom is 0.336 e. The van der Waals surface area contributed by atoms with Gasteiger partial charge in [0, 0.05) is 12.1 Å². The van der Waals surface area contributed by atoms with Crippen molar-refractivity contribution in [2.24, 2.45) is 0 Å². The topological polar surface area (TPSA) is 63.7 Å². The van der Waals surface area contributed by atoms with Crippen molar-refractivity contribution in [3.05, 3.63) is 71.3 Å². The van der Waals surface area contributed by atoms with Crippen LogP contribution in [-0.2, 0) is 4.79 Å². The Kier molecular flexibility index (Phi) is 4.00. The second-order valence-corrected chi connectivity index (χ2v) is 5.63. The van der Waals surface area contributed by atoms with Crippen molar-refractivity contribution in [3.8, 4) is 5.75 Å². The molecule has 0 spiro atoms. The van der Waals surface area contributed by atoms with Crippen LogP contribution in [0.5, 0.6) is 5.75 Å². The second-order valence-electron chi connectivity index (χ2n) is 5.63. The van der Waals surface area contributed by atoms with Gasteiger partial charge in [-0.25, -0.2) is 9.69 Å². The Balaban J connectivity index is 1.91. The maximum absolute atomic E-state index is 12.5. The zero-order valence-corrected chi connectivity index (χ0v) is 13.3. The minimum atomic E-state index is -0.505. The number of esters is 1. The zero-order chi connectivity index (χ0) is 17.3. The quantitative estimate of drug-likeness (QED) is 0.376. The van der Waals surface area contributed by atoms with Gasteiger partial charge >= 0.3 is 5.97 Å². The third-order valence-corrected chi connectivity index (χ3v) is 3.49. The number of amides is 2. The Bertz CT molecular complexity index is 843. The molecule has 0 aliphatic carbocycles. The highest BCUT2D eigenvalue weighted by molar-refractivity contribution is 6.34. The van der Waals surface area contributed by atoms with Crippen molar-refractivity contribution in [1.82, 2.24) is 0 Å². The number of hydrogen-bond acceptors (Lipinski definition) is 4. The molecule has 0 saturated carbocycles. The number of anilines is 1. The number of carbonyl (C=O) groups is 3. The number of allylic oxidation sites excluding steroid dienone is 1. The first-order valence-electron chi connectivity index (χ1n) is 7.42. The molecule has 120 valence electrons. The van der Waals surface area contributed by atoms with Gasteiger partial charge in [0.05, 0.1) is 16.8 Å². The predicted molar refractivity (Wildman–Crippen MR) is 89.1 cm³/mol. The van der Waals surface area contributed by atoms with E-state index >= 15 is 0 Å². The molecule has 0 bridgehead atoms. The number of ether oxygens (including phenoxy) is 1. The summed E-state index contributed by atoms with van der Waals surface area (Å²) in [5.74, 6) is -1.01. The summed E-state index contributed by atoms with van der Waals surface area (Å²) in [5, 5.41) is 0. The van der Waals surface area contributed by atoms with Crippen LogP contribution in [-0.4, -0.2) is 17.8 Å². The Hall–Kier alpha value is -3.21. The third kappa shape index (κ3) is 2.84. The van der Waals surface area contributed by atoms with E-state index in [1.54, 1.807) is 56.3 Å².